The molecule has 2 aromatic carbocycles. The lowest BCUT2D eigenvalue weighted by molar-refractivity contribution is 0.0528. The molecule has 0 aliphatic rings. The summed E-state index contributed by atoms with van der Waals surface area (Å²) in [6.07, 6.45) is 1.67. The van der Waals surface area contributed by atoms with Crippen LogP contribution in [0.3, 0.4) is 0 Å². The van der Waals surface area contributed by atoms with Crippen molar-refractivity contribution >= 4 is 16.9 Å². The average molecular weight is 337 g/mol. The molecule has 0 saturated heterocycles. The standard InChI is InChI=1S/C20H19NO4/c1-4-25-20(22)18-8-7-16(17-6-5-9-21-19(17)18)13-10-14(23-2)12-15(11-13)24-3/h5-12H,4H2,1-3H3. The minimum atomic E-state index is -0.374. The maximum atomic E-state index is 12.2. The maximum absolute atomic E-state index is 12.2. The summed E-state index contributed by atoms with van der Waals surface area (Å²) in [5.74, 6) is 1.02. The molecule has 0 N–H and O–H groups in total. The number of rotatable bonds is 5. The van der Waals surface area contributed by atoms with Gasteiger partial charge in [-0.15, -0.1) is 0 Å². The van der Waals surface area contributed by atoms with E-state index in [9.17, 15) is 4.79 Å². The van der Waals surface area contributed by atoms with E-state index in [1.807, 2.05) is 36.4 Å². The fourth-order valence-electron chi connectivity index (χ4n) is 2.76. The predicted molar refractivity (Wildman–Crippen MR) is 96.2 cm³/mol. The van der Waals surface area contributed by atoms with Gasteiger partial charge in [-0.2, -0.15) is 0 Å². The molecule has 1 aromatic heterocycles. The van der Waals surface area contributed by atoms with Gasteiger partial charge >= 0.3 is 5.97 Å². The smallest absolute Gasteiger partial charge is 0.340 e. The minimum absolute atomic E-state index is 0.321. The number of carbonyl (C=O) groups excluding carboxylic acids is 1. The third-order valence-electron chi connectivity index (χ3n) is 3.93. The van der Waals surface area contributed by atoms with Gasteiger partial charge in [0.1, 0.15) is 11.5 Å². The van der Waals surface area contributed by atoms with Crippen LogP contribution in [0.5, 0.6) is 11.5 Å². The van der Waals surface area contributed by atoms with E-state index in [4.69, 9.17) is 14.2 Å². The largest absolute Gasteiger partial charge is 0.497 e. The molecule has 0 fully saturated rings. The number of esters is 1. The van der Waals surface area contributed by atoms with Gasteiger partial charge in [-0.3, -0.25) is 4.98 Å². The highest BCUT2D eigenvalue weighted by atomic mass is 16.5. The Kier molecular flexibility index (Phi) is 4.84. The number of hydrogen-bond donors (Lipinski definition) is 0. The van der Waals surface area contributed by atoms with Crippen LogP contribution in [0.25, 0.3) is 22.0 Å². The van der Waals surface area contributed by atoms with Crippen LogP contribution in [0.15, 0.2) is 48.7 Å². The van der Waals surface area contributed by atoms with Crippen molar-refractivity contribution in [2.45, 2.75) is 6.92 Å². The molecule has 0 aliphatic carbocycles. The second-order valence-corrected chi connectivity index (χ2v) is 5.38. The van der Waals surface area contributed by atoms with E-state index in [2.05, 4.69) is 4.98 Å². The van der Waals surface area contributed by atoms with Gasteiger partial charge < -0.3 is 14.2 Å². The Balaban J connectivity index is 2.22. The van der Waals surface area contributed by atoms with Gasteiger partial charge in [0, 0.05) is 17.6 Å². The molecule has 0 unspecified atom stereocenters. The van der Waals surface area contributed by atoms with Gasteiger partial charge in [-0.1, -0.05) is 12.1 Å². The van der Waals surface area contributed by atoms with E-state index < -0.39 is 0 Å². The number of carbonyl (C=O) groups is 1. The summed E-state index contributed by atoms with van der Waals surface area (Å²) in [5.41, 5.74) is 2.93. The number of hydrogen-bond acceptors (Lipinski definition) is 5. The summed E-state index contributed by atoms with van der Waals surface area (Å²) in [6.45, 7) is 2.10. The predicted octanol–water partition coefficient (Wildman–Crippen LogP) is 4.10. The zero-order valence-corrected chi connectivity index (χ0v) is 14.4. The van der Waals surface area contributed by atoms with E-state index in [1.165, 1.54) is 0 Å². The molecule has 0 amide bonds. The van der Waals surface area contributed by atoms with Gasteiger partial charge in [-0.25, -0.2) is 4.79 Å². The molecule has 3 aromatic rings. The van der Waals surface area contributed by atoms with Crippen LogP contribution in [-0.2, 0) is 4.74 Å². The van der Waals surface area contributed by atoms with E-state index >= 15 is 0 Å². The van der Waals surface area contributed by atoms with Gasteiger partial charge in [0.25, 0.3) is 0 Å². The molecule has 0 bridgehead atoms. The Morgan fingerprint density at radius 1 is 1.04 bits per heavy atom. The molecule has 3 rings (SSSR count). The van der Waals surface area contributed by atoms with Crippen molar-refractivity contribution in [3.63, 3.8) is 0 Å². The Hall–Kier alpha value is -3.08. The number of aromatic nitrogens is 1. The average Bonchev–Trinajstić information content (AvgIpc) is 2.66. The van der Waals surface area contributed by atoms with Crippen LogP contribution < -0.4 is 9.47 Å². The highest BCUT2D eigenvalue weighted by Crippen LogP contribution is 2.34. The summed E-state index contributed by atoms with van der Waals surface area (Å²) in [4.78, 5) is 16.6. The number of nitrogens with zero attached hydrogens (tertiary/aromatic N) is 1. The van der Waals surface area contributed by atoms with Crippen molar-refractivity contribution in [1.29, 1.82) is 0 Å². The van der Waals surface area contributed by atoms with Gasteiger partial charge in [0.05, 0.1) is 31.9 Å². The van der Waals surface area contributed by atoms with Crippen LogP contribution in [0, 0.1) is 0 Å². The molecule has 5 nitrogen and oxygen atoms in total. The fraction of sp³-hybridized carbons (Fsp3) is 0.200. The monoisotopic (exact) mass is 337 g/mol. The summed E-state index contributed by atoms with van der Waals surface area (Å²) < 4.78 is 15.8. The van der Waals surface area contributed by atoms with E-state index in [0.717, 1.165) is 16.5 Å². The Morgan fingerprint density at radius 2 is 1.76 bits per heavy atom. The molecule has 25 heavy (non-hydrogen) atoms. The van der Waals surface area contributed by atoms with Crippen molar-refractivity contribution in [1.82, 2.24) is 4.98 Å². The first-order valence-corrected chi connectivity index (χ1v) is 7.96. The number of ether oxygens (including phenoxy) is 3. The van der Waals surface area contributed by atoms with Crippen molar-refractivity contribution < 1.29 is 19.0 Å². The molecule has 1 heterocycles. The van der Waals surface area contributed by atoms with Gasteiger partial charge in [-0.05, 0) is 42.3 Å². The summed E-state index contributed by atoms with van der Waals surface area (Å²) >= 11 is 0. The maximum Gasteiger partial charge on any atom is 0.340 e. The summed E-state index contributed by atoms with van der Waals surface area (Å²) in [6, 6.07) is 13.1. The van der Waals surface area contributed by atoms with Gasteiger partial charge in [0.15, 0.2) is 0 Å². The van der Waals surface area contributed by atoms with Crippen LogP contribution in [0.1, 0.15) is 17.3 Å². The first kappa shape index (κ1) is 16.8. The molecule has 5 heteroatoms. The lowest BCUT2D eigenvalue weighted by Crippen LogP contribution is -2.06. The third kappa shape index (κ3) is 3.26. The van der Waals surface area contributed by atoms with Crippen LogP contribution in [0.4, 0.5) is 0 Å². The SMILES string of the molecule is CCOC(=O)c1ccc(-c2cc(OC)cc(OC)c2)c2cccnc12. The highest BCUT2D eigenvalue weighted by Gasteiger charge is 2.16. The van der Waals surface area contributed by atoms with Crippen molar-refractivity contribution in [3.05, 3.63) is 54.2 Å². The Morgan fingerprint density at radius 3 is 2.40 bits per heavy atom. The molecular formula is C20H19NO4. The highest BCUT2D eigenvalue weighted by molar-refractivity contribution is 6.07. The number of benzene rings is 2. The van der Waals surface area contributed by atoms with Crippen molar-refractivity contribution in [3.8, 4) is 22.6 Å². The summed E-state index contributed by atoms with van der Waals surface area (Å²) in [5, 5.41) is 0.864. The number of pyridine rings is 1. The topological polar surface area (TPSA) is 57.7 Å². The fourth-order valence-corrected chi connectivity index (χ4v) is 2.76. The molecule has 0 aliphatic heterocycles. The number of methoxy groups -OCH3 is 2. The van der Waals surface area contributed by atoms with Crippen LogP contribution in [-0.4, -0.2) is 31.8 Å². The lowest BCUT2D eigenvalue weighted by atomic mass is 9.97. The second-order valence-electron chi connectivity index (χ2n) is 5.38. The zero-order valence-electron chi connectivity index (χ0n) is 14.4. The Labute approximate surface area is 146 Å². The second kappa shape index (κ2) is 7.21. The molecule has 128 valence electrons. The lowest BCUT2D eigenvalue weighted by Gasteiger charge is -2.12. The third-order valence-corrected chi connectivity index (χ3v) is 3.93. The van der Waals surface area contributed by atoms with Crippen LogP contribution in [0.2, 0.25) is 0 Å². The molecule has 0 radical (unpaired) electrons. The first-order chi connectivity index (χ1) is 12.2. The molecule has 0 saturated carbocycles. The molecule has 0 atom stereocenters. The van der Waals surface area contributed by atoms with E-state index in [1.54, 1.807) is 33.4 Å². The minimum Gasteiger partial charge on any atom is -0.497 e. The molecule has 0 spiro atoms. The zero-order chi connectivity index (χ0) is 17.8. The quantitative estimate of drug-likeness (QED) is 0.656. The van der Waals surface area contributed by atoms with Crippen LogP contribution >= 0.6 is 0 Å². The normalized spacial score (nSPS) is 10.5. The van der Waals surface area contributed by atoms with Crippen molar-refractivity contribution in [2.75, 3.05) is 20.8 Å². The number of fused-ring (bicyclic) bond motifs is 1. The summed E-state index contributed by atoms with van der Waals surface area (Å²) in [7, 11) is 3.23. The van der Waals surface area contributed by atoms with Gasteiger partial charge in [0.2, 0.25) is 0 Å². The first-order valence-electron chi connectivity index (χ1n) is 7.96. The molecular weight excluding hydrogens is 318 g/mol. The van der Waals surface area contributed by atoms with E-state index in [0.29, 0.717) is 29.2 Å². The van der Waals surface area contributed by atoms with Crippen molar-refractivity contribution in [2.24, 2.45) is 0 Å². The van der Waals surface area contributed by atoms with E-state index in [-0.39, 0.29) is 5.97 Å². The Bertz CT molecular complexity index is 898.